The van der Waals surface area contributed by atoms with Gasteiger partial charge in [0.15, 0.2) is 5.75 Å². The van der Waals surface area contributed by atoms with Gasteiger partial charge in [-0.25, -0.2) is 4.39 Å². The number of carboxylic acid groups (broad SMARTS) is 1. The number of hydrogen-bond donors (Lipinski definition) is 3. The Bertz CT molecular complexity index is 1220. The number of nitriles is 1. The first-order valence-corrected chi connectivity index (χ1v) is 11.2. The van der Waals surface area contributed by atoms with Gasteiger partial charge in [-0.2, -0.15) is 5.26 Å². The molecule has 0 unspecified atom stereocenters. The quantitative estimate of drug-likeness (QED) is 0.455. The Morgan fingerprint density at radius 1 is 1.24 bits per heavy atom. The number of nitrogens with one attached hydrogen (secondary N) is 2. The number of rotatable bonds is 8. The molecule has 6 nitrogen and oxygen atoms in total. The van der Waals surface area contributed by atoms with Crippen LogP contribution in [-0.4, -0.2) is 30.3 Å². The number of ether oxygens (including phenoxy) is 1. The molecular formula is C27H26FN3O3. The summed E-state index contributed by atoms with van der Waals surface area (Å²) in [7, 11) is 0. The van der Waals surface area contributed by atoms with Gasteiger partial charge in [0.25, 0.3) is 0 Å². The van der Waals surface area contributed by atoms with Gasteiger partial charge in [-0.3, -0.25) is 4.79 Å². The molecule has 3 N–H and O–H groups in total. The summed E-state index contributed by atoms with van der Waals surface area (Å²) in [5, 5.41) is 25.4. The molecule has 34 heavy (non-hydrogen) atoms. The van der Waals surface area contributed by atoms with E-state index in [9.17, 15) is 14.4 Å². The lowest BCUT2D eigenvalue weighted by atomic mass is 9.95. The monoisotopic (exact) mass is 459 g/mol. The molecule has 3 atom stereocenters. The van der Waals surface area contributed by atoms with Crippen LogP contribution in [0.25, 0.3) is 0 Å². The van der Waals surface area contributed by atoms with Crippen molar-refractivity contribution in [1.29, 1.82) is 5.26 Å². The third-order valence-electron chi connectivity index (χ3n) is 6.03. The zero-order chi connectivity index (χ0) is 24.1. The van der Waals surface area contributed by atoms with Crippen molar-refractivity contribution in [1.82, 2.24) is 5.32 Å². The average Bonchev–Trinajstić information content (AvgIpc) is 2.84. The molecule has 0 aromatic heterocycles. The maximum Gasteiger partial charge on any atom is 0.307 e. The number of fused-ring (bicyclic) bond motifs is 1. The predicted molar refractivity (Wildman–Crippen MR) is 127 cm³/mol. The zero-order valence-electron chi connectivity index (χ0n) is 18.8. The molecule has 0 radical (unpaired) electrons. The van der Waals surface area contributed by atoms with E-state index < -0.39 is 18.1 Å². The second-order valence-corrected chi connectivity index (χ2v) is 8.46. The summed E-state index contributed by atoms with van der Waals surface area (Å²) in [6.45, 7) is 2.99. The van der Waals surface area contributed by atoms with Crippen molar-refractivity contribution in [3.05, 3.63) is 94.8 Å². The van der Waals surface area contributed by atoms with Crippen molar-refractivity contribution in [2.24, 2.45) is 0 Å². The normalized spacial score (nSPS) is 16.3. The SMILES string of the molecule is C[C@H](CN[C@H](c1ccccc1F)[C@H]1CNc2cccc(C#N)c2O1)c1cccc(CC(=O)O)c1. The third kappa shape index (κ3) is 5.19. The fraction of sp³-hybridized carbons (Fsp3) is 0.259. The number of para-hydroxylation sites is 1. The smallest absolute Gasteiger partial charge is 0.307 e. The van der Waals surface area contributed by atoms with Crippen LogP contribution in [0.3, 0.4) is 0 Å². The summed E-state index contributed by atoms with van der Waals surface area (Å²) in [6, 6.07) is 21.1. The first-order chi connectivity index (χ1) is 16.5. The third-order valence-corrected chi connectivity index (χ3v) is 6.03. The zero-order valence-corrected chi connectivity index (χ0v) is 18.8. The van der Waals surface area contributed by atoms with E-state index in [-0.39, 0.29) is 18.2 Å². The van der Waals surface area contributed by atoms with E-state index in [4.69, 9.17) is 9.84 Å². The highest BCUT2D eigenvalue weighted by molar-refractivity contribution is 5.70. The standard InChI is InChI=1S/C27H26FN3O3/c1-17(19-7-4-6-18(12-19)13-25(32)33)15-31-26(21-9-2-3-10-22(21)28)24-16-30-23-11-5-8-20(14-29)27(23)34-24/h2-12,17,24,26,30-31H,13,15-16H2,1H3,(H,32,33)/t17-,24-,26-/m1/s1. The average molecular weight is 460 g/mol. The molecule has 1 aliphatic rings. The molecule has 1 aliphatic heterocycles. The van der Waals surface area contributed by atoms with Gasteiger partial charge in [0.2, 0.25) is 0 Å². The number of halogens is 1. The lowest BCUT2D eigenvalue weighted by molar-refractivity contribution is -0.136. The maximum atomic E-state index is 14.8. The number of carboxylic acids is 1. The molecular weight excluding hydrogens is 433 g/mol. The fourth-order valence-corrected chi connectivity index (χ4v) is 4.26. The highest BCUT2D eigenvalue weighted by Crippen LogP contribution is 2.36. The molecule has 0 spiro atoms. The Kier molecular flexibility index (Phi) is 7.09. The summed E-state index contributed by atoms with van der Waals surface area (Å²) >= 11 is 0. The summed E-state index contributed by atoms with van der Waals surface area (Å²) in [5.74, 6) is -0.694. The second kappa shape index (κ2) is 10.4. The Labute approximate surface area is 198 Å². The van der Waals surface area contributed by atoms with E-state index in [1.54, 1.807) is 36.4 Å². The maximum absolute atomic E-state index is 14.8. The van der Waals surface area contributed by atoms with Gasteiger partial charge in [0.1, 0.15) is 18.0 Å². The van der Waals surface area contributed by atoms with Gasteiger partial charge in [-0.15, -0.1) is 0 Å². The van der Waals surface area contributed by atoms with Crippen molar-refractivity contribution in [3.63, 3.8) is 0 Å². The molecule has 1 heterocycles. The van der Waals surface area contributed by atoms with Crippen molar-refractivity contribution < 1.29 is 19.0 Å². The number of nitrogens with zero attached hydrogens (tertiary/aromatic N) is 1. The number of benzene rings is 3. The number of aliphatic carboxylic acids is 1. The first-order valence-electron chi connectivity index (χ1n) is 11.2. The van der Waals surface area contributed by atoms with Gasteiger partial charge < -0.3 is 20.5 Å². The minimum absolute atomic E-state index is 0.0337. The van der Waals surface area contributed by atoms with Crippen LogP contribution >= 0.6 is 0 Å². The summed E-state index contributed by atoms with van der Waals surface area (Å²) < 4.78 is 21.1. The molecule has 7 heteroatoms. The van der Waals surface area contributed by atoms with Gasteiger partial charge in [0, 0.05) is 12.1 Å². The molecule has 174 valence electrons. The lowest BCUT2D eigenvalue weighted by Crippen LogP contribution is -2.44. The van der Waals surface area contributed by atoms with Crippen LogP contribution in [0.5, 0.6) is 5.75 Å². The molecule has 0 saturated heterocycles. The van der Waals surface area contributed by atoms with Crippen LogP contribution in [0, 0.1) is 17.1 Å². The van der Waals surface area contributed by atoms with E-state index in [1.165, 1.54) is 6.07 Å². The van der Waals surface area contributed by atoms with Gasteiger partial charge in [-0.1, -0.05) is 55.5 Å². The molecule has 3 aromatic carbocycles. The van der Waals surface area contributed by atoms with Crippen LogP contribution in [-0.2, 0) is 11.2 Å². The Morgan fingerprint density at radius 2 is 2.03 bits per heavy atom. The van der Waals surface area contributed by atoms with Crippen LogP contribution in [0.2, 0.25) is 0 Å². The fourth-order valence-electron chi connectivity index (χ4n) is 4.26. The van der Waals surface area contributed by atoms with Gasteiger partial charge in [-0.05, 0) is 35.2 Å². The van der Waals surface area contributed by atoms with Crippen molar-refractivity contribution in [2.75, 3.05) is 18.4 Å². The summed E-state index contributed by atoms with van der Waals surface area (Å²) in [6.07, 6.45) is -0.488. The predicted octanol–water partition coefficient (Wildman–Crippen LogP) is 4.63. The number of anilines is 1. The molecule has 4 rings (SSSR count). The molecule has 0 saturated carbocycles. The number of hydrogen-bond acceptors (Lipinski definition) is 5. The Balaban J connectivity index is 1.57. The Morgan fingerprint density at radius 3 is 2.79 bits per heavy atom. The first kappa shape index (κ1) is 23.3. The lowest BCUT2D eigenvalue weighted by Gasteiger charge is -2.35. The van der Waals surface area contributed by atoms with Crippen molar-refractivity contribution in [3.8, 4) is 11.8 Å². The van der Waals surface area contributed by atoms with E-state index in [2.05, 4.69) is 16.7 Å². The summed E-state index contributed by atoms with van der Waals surface area (Å²) in [4.78, 5) is 11.1. The Hall–Kier alpha value is -3.89. The van der Waals surface area contributed by atoms with Crippen molar-refractivity contribution >= 4 is 11.7 Å². The second-order valence-electron chi connectivity index (χ2n) is 8.46. The highest BCUT2D eigenvalue weighted by Gasteiger charge is 2.32. The van der Waals surface area contributed by atoms with E-state index in [0.29, 0.717) is 30.0 Å². The van der Waals surface area contributed by atoms with Crippen LogP contribution in [0.1, 0.15) is 41.1 Å². The topological polar surface area (TPSA) is 94.4 Å². The van der Waals surface area contributed by atoms with Gasteiger partial charge >= 0.3 is 5.97 Å². The molecule has 3 aromatic rings. The minimum atomic E-state index is -0.874. The summed E-state index contributed by atoms with van der Waals surface area (Å²) in [5.41, 5.74) is 3.39. The van der Waals surface area contributed by atoms with Crippen LogP contribution < -0.4 is 15.4 Å². The van der Waals surface area contributed by atoms with E-state index >= 15 is 0 Å². The highest BCUT2D eigenvalue weighted by atomic mass is 19.1. The van der Waals surface area contributed by atoms with Crippen molar-refractivity contribution in [2.45, 2.75) is 31.4 Å². The van der Waals surface area contributed by atoms with Gasteiger partial charge in [0.05, 0.1) is 30.3 Å². The number of carbonyl (C=O) groups is 1. The minimum Gasteiger partial charge on any atom is -0.483 e. The molecule has 0 amide bonds. The van der Waals surface area contributed by atoms with E-state index in [1.807, 2.05) is 31.2 Å². The van der Waals surface area contributed by atoms with E-state index in [0.717, 1.165) is 16.8 Å². The molecule has 0 aliphatic carbocycles. The molecule has 0 fully saturated rings. The largest absolute Gasteiger partial charge is 0.483 e. The van der Waals surface area contributed by atoms with Crippen LogP contribution in [0.15, 0.2) is 66.7 Å². The molecule has 0 bridgehead atoms. The van der Waals surface area contributed by atoms with Crippen LogP contribution in [0.4, 0.5) is 10.1 Å².